The van der Waals surface area contributed by atoms with Gasteiger partial charge in [0, 0.05) is 18.9 Å². The molecule has 0 aromatic carbocycles. The van der Waals surface area contributed by atoms with Crippen LogP contribution in [-0.2, 0) is 33.4 Å². The van der Waals surface area contributed by atoms with Crippen LogP contribution in [0.25, 0.3) is 0 Å². The Labute approximate surface area is 188 Å². The van der Waals surface area contributed by atoms with E-state index in [0.717, 1.165) is 32.1 Å². The first-order valence-electron chi connectivity index (χ1n) is 10.7. The Balaban J connectivity index is 2.74. The molecule has 2 atom stereocenters. The molecule has 11 nitrogen and oxygen atoms in total. The molecule has 0 bridgehead atoms. The minimum atomic E-state index is -4.19. The van der Waals surface area contributed by atoms with Gasteiger partial charge in [-0.2, -0.15) is 8.42 Å². The van der Waals surface area contributed by atoms with Crippen LogP contribution in [0.15, 0.2) is 0 Å². The van der Waals surface area contributed by atoms with Crippen molar-refractivity contribution < 1.29 is 46.7 Å². The van der Waals surface area contributed by atoms with Gasteiger partial charge in [0.15, 0.2) is 6.10 Å². The number of rotatable bonds is 13. The summed E-state index contributed by atoms with van der Waals surface area (Å²) in [6.45, 7) is 3.54. The number of carbonyl (C=O) groups is 3. The van der Waals surface area contributed by atoms with E-state index >= 15 is 0 Å². The van der Waals surface area contributed by atoms with E-state index in [1.54, 1.807) is 0 Å². The summed E-state index contributed by atoms with van der Waals surface area (Å²) in [5.74, 6) is -2.11. The number of hydrogen-bond acceptors (Lipinski definition) is 9. The lowest BCUT2D eigenvalue weighted by Crippen LogP contribution is -2.49. The molecule has 1 aliphatic carbocycles. The SMILES string of the molecule is CC(=O)NCCCS(=O)(=O)OC(COC(=O)OCC1CCCCC1)C(C)(C)[C@@H](O)C(=O)O. The highest BCUT2D eigenvalue weighted by atomic mass is 32.2. The fraction of sp³-hybridized carbons (Fsp3) is 0.850. The van der Waals surface area contributed by atoms with Gasteiger partial charge in [-0.3, -0.25) is 8.98 Å². The molecule has 0 heterocycles. The molecule has 1 fully saturated rings. The lowest BCUT2D eigenvalue weighted by atomic mass is 9.81. The minimum Gasteiger partial charge on any atom is -0.479 e. The van der Waals surface area contributed by atoms with Crippen molar-refractivity contribution in [2.45, 2.75) is 71.5 Å². The Morgan fingerprint density at radius 2 is 1.75 bits per heavy atom. The molecule has 3 N–H and O–H groups in total. The Morgan fingerprint density at radius 3 is 2.31 bits per heavy atom. The fourth-order valence-corrected chi connectivity index (χ4v) is 4.58. The molecular weight excluding hydrogens is 446 g/mol. The zero-order chi connectivity index (χ0) is 24.4. The number of aliphatic hydroxyl groups excluding tert-OH is 1. The molecule has 1 saturated carbocycles. The van der Waals surface area contributed by atoms with E-state index in [2.05, 4.69) is 5.32 Å². The van der Waals surface area contributed by atoms with Gasteiger partial charge in [0.2, 0.25) is 5.91 Å². The third-order valence-corrected chi connectivity index (χ3v) is 6.80. The number of carbonyl (C=O) groups excluding carboxylic acids is 2. The first-order valence-corrected chi connectivity index (χ1v) is 12.3. The van der Waals surface area contributed by atoms with Crippen molar-refractivity contribution in [1.82, 2.24) is 5.32 Å². The summed E-state index contributed by atoms with van der Waals surface area (Å²) in [6.07, 6.45) is 0.765. The molecule has 1 amide bonds. The quantitative estimate of drug-likeness (QED) is 0.199. The highest BCUT2D eigenvalue weighted by molar-refractivity contribution is 7.86. The topological polar surface area (TPSA) is 166 Å². The molecule has 0 saturated heterocycles. The minimum absolute atomic E-state index is 0.0564. The smallest absolute Gasteiger partial charge is 0.479 e. The first-order chi connectivity index (χ1) is 14.8. The molecule has 0 aromatic rings. The van der Waals surface area contributed by atoms with Crippen LogP contribution in [0, 0.1) is 11.3 Å². The van der Waals surface area contributed by atoms with Gasteiger partial charge < -0.3 is 25.0 Å². The number of ether oxygens (including phenoxy) is 2. The summed E-state index contributed by atoms with van der Waals surface area (Å²) in [6, 6.07) is 0. The van der Waals surface area contributed by atoms with Crippen LogP contribution in [0.1, 0.15) is 59.3 Å². The summed E-state index contributed by atoms with van der Waals surface area (Å²) in [5.41, 5.74) is -1.62. The number of aliphatic carboxylic acids is 1. The summed E-state index contributed by atoms with van der Waals surface area (Å²) in [5, 5.41) is 21.7. The number of carboxylic acids is 1. The zero-order valence-electron chi connectivity index (χ0n) is 18.9. The molecular formula is C20H35NO10S. The van der Waals surface area contributed by atoms with E-state index in [1.807, 2.05) is 0 Å². The van der Waals surface area contributed by atoms with Crippen molar-refractivity contribution >= 4 is 28.1 Å². The van der Waals surface area contributed by atoms with Gasteiger partial charge in [-0.1, -0.05) is 33.1 Å². The van der Waals surface area contributed by atoms with Crippen LogP contribution in [-0.4, -0.2) is 74.4 Å². The molecule has 0 radical (unpaired) electrons. The van der Waals surface area contributed by atoms with E-state index in [0.29, 0.717) is 0 Å². The molecule has 186 valence electrons. The van der Waals surface area contributed by atoms with E-state index in [-0.39, 0.29) is 31.4 Å². The number of amides is 1. The third-order valence-electron chi connectivity index (χ3n) is 5.49. The highest BCUT2D eigenvalue weighted by Gasteiger charge is 2.44. The van der Waals surface area contributed by atoms with Crippen molar-refractivity contribution in [3.05, 3.63) is 0 Å². The van der Waals surface area contributed by atoms with Crippen LogP contribution >= 0.6 is 0 Å². The van der Waals surface area contributed by atoms with Crippen molar-refractivity contribution in [3.63, 3.8) is 0 Å². The Bertz CT molecular complexity index is 731. The van der Waals surface area contributed by atoms with E-state index in [4.69, 9.17) is 18.8 Å². The van der Waals surface area contributed by atoms with Crippen molar-refractivity contribution in [2.75, 3.05) is 25.5 Å². The lowest BCUT2D eigenvalue weighted by molar-refractivity contribution is -0.159. The second-order valence-electron chi connectivity index (χ2n) is 8.62. The Kier molecular flexibility index (Phi) is 11.4. The molecule has 0 spiro atoms. The van der Waals surface area contributed by atoms with Crippen molar-refractivity contribution in [2.24, 2.45) is 11.3 Å². The molecule has 1 rings (SSSR count). The summed E-state index contributed by atoms with van der Waals surface area (Å²) >= 11 is 0. The second kappa shape index (κ2) is 12.9. The maximum Gasteiger partial charge on any atom is 0.508 e. The summed E-state index contributed by atoms with van der Waals surface area (Å²) < 4.78 is 40.0. The van der Waals surface area contributed by atoms with Crippen LogP contribution in [0.5, 0.6) is 0 Å². The van der Waals surface area contributed by atoms with Crippen LogP contribution in [0.3, 0.4) is 0 Å². The predicted octanol–water partition coefficient (Wildman–Crippen LogP) is 1.43. The van der Waals surface area contributed by atoms with Gasteiger partial charge in [-0.25, -0.2) is 9.59 Å². The van der Waals surface area contributed by atoms with Crippen LogP contribution in [0.2, 0.25) is 0 Å². The Morgan fingerprint density at radius 1 is 1.12 bits per heavy atom. The van der Waals surface area contributed by atoms with Gasteiger partial charge in [0.05, 0.1) is 12.4 Å². The number of hydrogen-bond donors (Lipinski definition) is 3. The van der Waals surface area contributed by atoms with Gasteiger partial charge in [-0.15, -0.1) is 0 Å². The van der Waals surface area contributed by atoms with E-state index < -0.39 is 52.2 Å². The summed E-state index contributed by atoms with van der Waals surface area (Å²) in [4.78, 5) is 34.2. The number of aliphatic hydroxyl groups is 1. The maximum atomic E-state index is 12.4. The fourth-order valence-electron chi connectivity index (χ4n) is 3.32. The number of carboxylic acid groups (broad SMARTS) is 1. The molecule has 12 heteroatoms. The van der Waals surface area contributed by atoms with Gasteiger partial charge in [0.25, 0.3) is 10.1 Å². The van der Waals surface area contributed by atoms with Crippen LogP contribution < -0.4 is 5.32 Å². The maximum absolute atomic E-state index is 12.4. The number of nitrogens with one attached hydrogen (secondary N) is 1. The monoisotopic (exact) mass is 481 g/mol. The van der Waals surface area contributed by atoms with Gasteiger partial charge in [-0.05, 0) is 25.2 Å². The average Bonchev–Trinajstić information content (AvgIpc) is 2.72. The second-order valence-corrected chi connectivity index (χ2v) is 10.3. The molecule has 0 aromatic heterocycles. The zero-order valence-corrected chi connectivity index (χ0v) is 19.7. The van der Waals surface area contributed by atoms with E-state index in [9.17, 15) is 27.9 Å². The van der Waals surface area contributed by atoms with Crippen LogP contribution in [0.4, 0.5) is 4.79 Å². The molecule has 32 heavy (non-hydrogen) atoms. The van der Waals surface area contributed by atoms with E-state index in [1.165, 1.54) is 20.8 Å². The summed E-state index contributed by atoms with van der Waals surface area (Å²) in [7, 11) is -4.19. The van der Waals surface area contributed by atoms with Crippen molar-refractivity contribution in [1.29, 1.82) is 0 Å². The predicted molar refractivity (Wildman–Crippen MR) is 113 cm³/mol. The molecule has 0 aliphatic heterocycles. The standard InChI is InChI=1S/C20H35NO10S/c1-14(22)21-10-7-11-32(27,28)31-16(20(2,3)17(23)18(24)25)13-30-19(26)29-12-15-8-5-4-6-9-15/h15-17,23H,4-13H2,1-3H3,(H,21,22)(H,24,25)/t16?,17-/m0/s1. The molecule has 1 unspecified atom stereocenters. The largest absolute Gasteiger partial charge is 0.508 e. The first kappa shape index (κ1) is 28.1. The van der Waals surface area contributed by atoms with Crippen molar-refractivity contribution in [3.8, 4) is 0 Å². The lowest BCUT2D eigenvalue weighted by Gasteiger charge is -2.35. The Hall–Kier alpha value is -1.92. The normalized spacial score (nSPS) is 17.2. The average molecular weight is 482 g/mol. The van der Waals surface area contributed by atoms with Gasteiger partial charge in [0.1, 0.15) is 12.7 Å². The van der Waals surface area contributed by atoms with Gasteiger partial charge >= 0.3 is 12.1 Å². The third kappa shape index (κ3) is 10.1. The molecule has 1 aliphatic rings. The highest BCUT2D eigenvalue weighted by Crippen LogP contribution is 2.30.